The summed E-state index contributed by atoms with van der Waals surface area (Å²) in [4.78, 5) is 20.4. The van der Waals surface area contributed by atoms with Crippen LogP contribution in [0.25, 0.3) is 21.9 Å². The summed E-state index contributed by atoms with van der Waals surface area (Å²) in [6, 6.07) is 10.1. The minimum Gasteiger partial charge on any atom is -0.478 e. The summed E-state index contributed by atoms with van der Waals surface area (Å²) < 4.78 is 104. The molecule has 1 aliphatic carbocycles. The Bertz CT molecular complexity index is 1820. The van der Waals surface area contributed by atoms with Crippen molar-refractivity contribution in [2.75, 3.05) is 6.61 Å². The van der Waals surface area contributed by atoms with E-state index in [4.69, 9.17) is 9.47 Å². The number of rotatable bonds is 12. The molecule has 14 heteroatoms. The van der Waals surface area contributed by atoms with Crippen LogP contribution in [0.2, 0.25) is 0 Å². The molecule has 0 aliphatic heterocycles. The second-order valence-electron chi connectivity index (χ2n) is 10.0. The van der Waals surface area contributed by atoms with Crippen LogP contribution in [0.5, 0.6) is 5.88 Å². The number of benzene rings is 2. The van der Waals surface area contributed by atoms with Crippen molar-refractivity contribution in [1.29, 1.82) is 0 Å². The molecule has 0 spiro atoms. The Hall–Kier alpha value is -4.17. The van der Waals surface area contributed by atoms with Gasteiger partial charge in [0.2, 0.25) is 15.7 Å². The van der Waals surface area contributed by atoms with Gasteiger partial charge in [0.25, 0.3) is 12.3 Å². The molecule has 2 heterocycles. The maximum atomic E-state index is 15.8. The Morgan fingerprint density at radius 2 is 1.80 bits per heavy atom. The van der Waals surface area contributed by atoms with Crippen LogP contribution in [0, 0.1) is 5.82 Å². The fourth-order valence-electron chi connectivity index (χ4n) is 4.42. The van der Waals surface area contributed by atoms with Gasteiger partial charge in [-0.05, 0) is 61.7 Å². The lowest BCUT2D eigenvalue weighted by molar-refractivity contribution is 0.0948. The van der Waals surface area contributed by atoms with E-state index in [0.29, 0.717) is 5.39 Å². The lowest BCUT2D eigenvalue weighted by atomic mass is 10.0. The van der Waals surface area contributed by atoms with Gasteiger partial charge in [0.1, 0.15) is 11.5 Å². The van der Waals surface area contributed by atoms with E-state index < -0.39 is 44.3 Å². The van der Waals surface area contributed by atoms with Crippen molar-refractivity contribution in [3.8, 4) is 17.0 Å². The van der Waals surface area contributed by atoms with Gasteiger partial charge in [0, 0.05) is 33.7 Å². The van der Waals surface area contributed by atoms with Gasteiger partial charge >= 0.3 is 5.76 Å². The molecule has 0 saturated heterocycles. The number of aromatic nitrogens is 2. The van der Waals surface area contributed by atoms with Crippen LogP contribution in [-0.2, 0) is 27.7 Å². The van der Waals surface area contributed by atoms with Crippen molar-refractivity contribution >= 4 is 26.5 Å². The molecule has 44 heavy (non-hydrogen) atoms. The van der Waals surface area contributed by atoms with Crippen LogP contribution in [0.4, 0.5) is 22.0 Å². The Morgan fingerprint density at radius 1 is 1.05 bits per heavy atom. The molecule has 4 aromatic rings. The average molecular weight is 636 g/mol. The Morgan fingerprint density at radius 3 is 2.48 bits per heavy atom. The smallest absolute Gasteiger partial charge is 0.341 e. The number of nitrogens with one attached hydrogen (secondary N) is 1. The van der Waals surface area contributed by atoms with E-state index in [1.807, 2.05) is 0 Å². The fraction of sp³-hybridized carbons (Fsp3) is 0.300. The third kappa shape index (κ3) is 6.81. The normalized spacial score (nSPS) is 13.5. The number of alkyl halides is 4. The van der Waals surface area contributed by atoms with E-state index >= 15 is 4.39 Å². The summed E-state index contributed by atoms with van der Waals surface area (Å²) in [5, 5.41) is 3.09. The number of pyridine rings is 2. The SMILES string of the molecule is CCOc1nc(C(F)F)ccc1-c1ccc2cnc(CNC(=O)c3cc(COC4CC4)cc(S(=O)(=O)C(F)F)c3)cc2c1F. The number of carbonyl (C=O) groups is 1. The zero-order chi connectivity index (χ0) is 31.6. The van der Waals surface area contributed by atoms with E-state index in [1.165, 1.54) is 30.5 Å². The van der Waals surface area contributed by atoms with E-state index in [2.05, 4.69) is 15.3 Å². The van der Waals surface area contributed by atoms with Gasteiger partial charge in [-0.1, -0.05) is 12.1 Å². The molecule has 0 bridgehead atoms. The number of hydrogen-bond acceptors (Lipinski definition) is 7. The summed E-state index contributed by atoms with van der Waals surface area (Å²) in [6.07, 6.45) is 0.209. The van der Waals surface area contributed by atoms with Gasteiger partial charge in [-0.2, -0.15) is 8.78 Å². The van der Waals surface area contributed by atoms with Crippen LogP contribution >= 0.6 is 0 Å². The fourth-order valence-corrected chi connectivity index (χ4v) is 5.23. The molecule has 5 rings (SSSR count). The number of halogens is 5. The molecule has 0 unspecified atom stereocenters. The summed E-state index contributed by atoms with van der Waals surface area (Å²) in [7, 11) is -4.99. The van der Waals surface area contributed by atoms with Crippen molar-refractivity contribution in [3.63, 3.8) is 0 Å². The van der Waals surface area contributed by atoms with Gasteiger partial charge in [0.05, 0.1) is 36.5 Å². The Balaban J connectivity index is 1.41. The maximum absolute atomic E-state index is 15.8. The lowest BCUT2D eigenvalue weighted by Gasteiger charge is -2.13. The second kappa shape index (κ2) is 12.8. The van der Waals surface area contributed by atoms with Gasteiger partial charge in [-0.3, -0.25) is 9.78 Å². The number of carbonyl (C=O) groups excluding carboxylic acids is 1. The number of amides is 1. The molecule has 8 nitrogen and oxygen atoms in total. The van der Waals surface area contributed by atoms with Crippen LogP contribution in [0.1, 0.15) is 53.5 Å². The molecule has 1 saturated carbocycles. The molecule has 232 valence electrons. The zero-order valence-electron chi connectivity index (χ0n) is 23.2. The second-order valence-corrected chi connectivity index (χ2v) is 11.9. The number of ether oxygens (including phenoxy) is 2. The predicted octanol–water partition coefficient (Wildman–Crippen LogP) is 6.38. The third-order valence-electron chi connectivity index (χ3n) is 6.80. The monoisotopic (exact) mass is 635 g/mol. The highest BCUT2D eigenvalue weighted by molar-refractivity contribution is 7.91. The Labute approximate surface area is 249 Å². The highest BCUT2D eigenvalue weighted by atomic mass is 32.2. The first-order valence-corrected chi connectivity index (χ1v) is 15.1. The van der Waals surface area contributed by atoms with E-state index in [0.717, 1.165) is 31.0 Å². The van der Waals surface area contributed by atoms with E-state index in [-0.39, 0.29) is 65.1 Å². The van der Waals surface area contributed by atoms with Crippen LogP contribution in [0.15, 0.2) is 59.6 Å². The quantitative estimate of drug-likeness (QED) is 0.180. The topological polar surface area (TPSA) is 107 Å². The van der Waals surface area contributed by atoms with Crippen molar-refractivity contribution in [2.45, 2.75) is 56.1 Å². The highest BCUT2D eigenvalue weighted by Crippen LogP contribution is 2.35. The lowest BCUT2D eigenvalue weighted by Crippen LogP contribution is -2.24. The zero-order valence-corrected chi connectivity index (χ0v) is 24.0. The summed E-state index contributed by atoms with van der Waals surface area (Å²) in [6.45, 7) is 1.48. The van der Waals surface area contributed by atoms with Gasteiger partial charge in [-0.15, -0.1) is 0 Å². The maximum Gasteiger partial charge on any atom is 0.341 e. The Kier molecular flexibility index (Phi) is 9.11. The molecule has 1 N–H and O–H groups in total. The van der Waals surface area contributed by atoms with Crippen molar-refractivity contribution < 1.29 is 44.6 Å². The van der Waals surface area contributed by atoms with Crippen LogP contribution in [-0.4, -0.2) is 42.8 Å². The number of nitrogens with zero attached hydrogens (tertiary/aromatic N) is 2. The number of sulfone groups is 1. The molecule has 2 aromatic carbocycles. The largest absolute Gasteiger partial charge is 0.478 e. The van der Waals surface area contributed by atoms with Gasteiger partial charge in [0.15, 0.2) is 0 Å². The molecular formula is C30H26F5N3O5S. The molecule has 1 amide bonds. The predicted molar refractivity (Wildman–Crippen MR) is 150 cm³/mol. The molecule has 0 atom stereocenters. The first-order valence-electron chi connectivity index (χ1n) is 13.5. The number of fused-ring (bicyclic) bond motifs is 1. The first kappa shape index (κ1) is 31.3. The van der Waals surface area contributed by atoms with Gasteiger partial charge in [-0.25, -0.2) is 26.6 Å². The first-order chi connectivity index (χ1) is 21.0. The standard InChI is InChI=1S/C30H26F5N3O5S/c1-2-42-29-23(7-8-25(38-29)27(32)33)22-6-3-17-13-36-19(12-24(17)26(22)31)14-37-28(39)18-9-16(15-43-20-4-5-20)10-21(11-18)44(40,41)30(34)35/h3,6-13,20,27,30H,2,4-5,14-15H2,1H3,(H,37,39). The summed E-state index contributed by atoms with van der Waals surface area (Å²) >= 11 is 0. The average Bonchev–Trinajstić information content (AvgIpc) is 3.84. The van der Waals surface area contributed by atoms with Crippen LogP contribution < -0.4 is 10.1 Å². The van der Waals surface area contributed by atoms with E-state index in [9.17, 15) is 30.8 Å². The minimum atomic E-state index is -4.99. The third-order valence-corrected chi connectivity index (χ3v) is 8.16. The van der Waals surface area contributed by atoms with Crippen molar-refractivity contribution in [2.24, 2.45) is 0 Å². The van der Waals surface area contributed by atoms with E-state index in [1.54, 1.807) is 13.0 Å². The van der Waals surface area contributed by atoms with Crippen molar-refractivity contribution in [1.82, 2.24) is 15.3 Å². The van der Waals surface area contributed by atoms with Crippen molar-refractivity contribution in [3.05, 3.63) is 83.1 Å². The minimum absolute atomic E-state index is 0.00144. The highest BCUT2D eigenvalue weighted by Gasteiger charge is 2.29. The summed E-state index contributed by atoms with van der Waals surface area (Å²) in [5.41, 5.74) is -0.00794. The number of hydrogen-bond donors (Lipinski definition) is 1. The van der Waals surface area contributed by atoms with Crippen LogP contribution in [0.3, 0.4) is 0 Å². The molecular weight excluding hydrogens is 609 g/mol. The molecule has 1 aliphatic rings. The molecule has 2 aromatic heterocycles. The molecule has 0 radical (unpaired) electrons. The molecule has 1 fully saturated rings. The van der Waals surface area contributed by atoms with Gasteiger partial charge < -0.3 is 14.8 Å². The summed E-state index contributed by atoms with van der Waals surface area (Å²) in [5.74, 6) is -5.30.